The standard InChI is InChI=1S/C20H28N2O3/c1-24-18-6-4-5-15-16(18)7-8-17(15)22-19(23)21-14-9-12-25-20(13-14)10-2-3-11-20/h4-6,14,17H,2-3,7-13H2,1H3,(H2,21,22,23)/t14-,17+/m1/s1. The summed E-state index contributed by atoms with van der Waals surface area (Å²) in [6, 6.07) is 6.32. The van der Waals surface area contributed by atoms with Crippen LogP contribution in [-0.2, 0) is 11.2 Å². The lowest BCUT2D eigenvalue weighted by molar-refractivity contribution is -0.0820. The van der Waals surface area contributed by atoms with Gasteiger partial charge in [-0.15, -0.1) is 0 Å². The number of rotatable bonds is 3. The maximum absolute atomic E-state index is 12.5. The summed E-state index contributed by atoms with van der Waals surface area (Å²) in [5, 5.41) is 6.36. The van der Waals surface area contributed by atoms with E-state index < -0.39 is 0 Å². The number of hydrogen-bond donors (Lipinski definition) is 2. The summed E-state index contributed by atoms with van der Waals surface area (Å²) in [6.45, 7) is 0.758. The molecule has 1 spiro atoms. The number of carbonyl (C=O) groups excluding carboxylic acids is 1. The molecule has 2 amide bonds. The maximum Gasteiger partial charge on any atom is 0.315 e. The molecule has 2 N–H and O–H groups in total. The van der Waals surface area contributed by atoms with E-state index in [1.54, 1.807) is 7.11 Å². The smallest absolute Gasteiger partial charge is 0.315 e. The lowest BCUT2D eigenvalue weighted by Gasteiger charge is -2.38. The molecule has 136 valence electrons. The summed E-state index contributed by atoms with van der Waals surface area (Å²) in [5.41, 5.74) is 2.45. The van der Waals surface area contributed by atoms with Crippen LogP contribution in [0.15, 0.2) is 18.2 Å². The molecule has 0 unspecified atom stereocenters. The highest BCUT2D eigenvalue weighted by Crippen LogP contribution is 2.40. The zero-order chi connectivity index (χ0) is 17.3. The first-order chi connectivity index (χ1) is 12.2. The molecule has 2 aliphatic carbocycles. The van der Waals surface area contributed by atoms with Crippen molar-refractivity contribution in [1.29, 1.82) is 0 Å². The number of amides is 2. The second-order valence-electron chi connectivity index (χ2n) is 7.67. The van der Waals surface area contributed by atoms with Crippen LogP contribution in [0, 0.1) is 0 Å². The third-order valence-corrected chi connectivity index (χ3v) is 6.10. The van der Waals surface area contributed by atoms with E-state index in [9.17, 15) is 4.79 Å². The summed E-state index contributed by atoms with van der Waals surface area (Å²) in [5.74, 6) is 0.926. The van der Waals surface area contributed by atoms with Crippen LogP contribution in [0.2, 0.25) is 0 Å². The van der Waals surface area contributed by atoms with Crippen molar-refractivity contribution in [3.8, 4) is 5.75 Å². The lowest BCUT2D eigenvalue weighted by Crippen LogP contribution is -2.50. The Morgan fingerprint density at radius 1 is 1.24 bits per heavy atom. The molecule has 1 aromatic rings. The molecule has 1 heterocycles. The van der Waals surface area contributed by atoms with Gasteiger partial charge in [0.15, 0.2) is 0 Å². The Morgan fingerprint density at radius 2 is 2.08 bits per heavy atom. The van der Waals surface area contributed by atoms with Crippen LogP contribution in [0.3, 0.4) is 0 Å². The SMILES string of the molecule is COc1cccc2c1CC[C@@H]2NC(=O)N[C@@H]1CCOC2(CCCC2)C1. The minimum atomic E-state index is -0.0549. The van der Waals surface area contributed by atoms with Crippen molar-refractivity contribution in [2.45, 2.75) is 69.1 Å². The Labute approximate surface area is 149 Å². The number of nitrogens with one attached hydrogen (secondary N) is 2. The number of fused-ring (bicyclic) bond motifs is 1. The van der Waals surface area contributed by atoms with E-state index in [0.29, 0.717) is 0 Å². The predicted octanol–water partition coefficient (Wildman–Crippen LogP) is 3.47. The molecule has 5 nitrogen and oxygen atoms in total. The monoisotopic (exact) mass is 344 g/mol. The predicted molar refractivity (Wildman–Crippen MR) is 95.9 cm³/mol. The first kappa shape index (κ1) is 16.7. The van der Waals surface area contributed by atoms with E-state index in [4.69, 9.17) is 9.47 Å². The number of methoxy groups -OCH3 is 1. The van der Waals surface area contributed by atoms with Gasteiger partial charge in [-0.3, -0.25) is 0 Å². The van der Waals surface area contributed by atoms with Crippen molar-refractivity contribution in [2.24, 2.45) is 0 Å². The fraction of sp³-hybridized carbons (Fsp3) is 0.650. The number of benzene rings is 1. The molecular weight excluding hydrogens is 316 g/mol. The van der Waals surface area contributed by atoms with Gasteiger partial charge in [0.25, 0.3) is 0 Å². The van der Waals surface area contributed by atoms with E-state index in [-0.39, 0.29) is 23.7 Å². The van der Waals surface area contributed by atoms with Gasteiger partial charge >= 0.3 is 6.03 Å². The zero-order valence-corrected chi connectivity index (χ0v) is 15.0. The Morgan fingerprint density at radius 3 is 2.88 bits per heavy atom. The number of carbonyl (C=O) groups is 1. The highest BCUT2D eigenvalue weighted by molar-refractivity contribution is 5.75. The molecule has 1 saturated heterocycles. The van der Waals surface area contributed by atoms with E-state index in [1.165, 1.54) is 24.0 Å². The highest BCUT2D eigenvalue weighted by atomic mass is 16.5. The van der Waals surface area contributed by atoms with Gasteiger partial charge in [0.1, 0.15) is 5.75 Å². The Balaban J connectivity index is 1.36. The molecule has 0 radical (unpaired) electrons. The summed E-state index contributed by atoms with van der Waals surface area (Å²) in [6.07, 6.45) is 8.52. The van der Waals surface area contributed by atoms with Gasteiger partial charge in [-0.25, -0.2) is 4.79 Å². The van der Waals surface area contributed by atoms with Crippen molar-refractivity contribution < 1.29 is 14.3 Å². The Kier molecular flexibility index (Phi) is 4.59. The Bertz CT molecular complexity index is 640. The molecule has 2 fully saturated rings. The van der Waals surface area contributed by atoms with Gasteiger partial charge in [-0.2, -0.15) is 0 Å². The molecule has 1 aliphatic heterocycles. The second kappa shape index (κ2) is 6.87. The average molecular weight is 344 g/mol. The quantitative estimate of drug-likeness (QED) is 0.883. The van der Waals surface area contributed by atoms with Gasteiger partial charge in [0, 0.05) is 12.6 Å². The van der Waals surface area contributed by atoms with Crippen molar-refractivity contribution in [1.82, 2.24) is 10.6 Å². The van der Waals surface area contributed by atoms with Crippen molar-refractivity contribution in [3.05, 3.63) is 29.3 Å². The van der Waals surface area contributed by atoms with Gasteiger partial charge in [0.2, 0.25) is 0 Å². The molecule has 25 heavy (non-hydrogen) atoms. The summed E-state index contributed by atoms with van der Waals surface area (Å²) in [7, 11) is 1.70. The zero-order valence-electron chi connectivity index (χ0n) is 15.0. The van der Waals surface area contributed by atoms with Crippen molar-refractivity contribution in [3.63, 3.8) is 0 Å². The summed E-state index contributed by atoms with van der Waals surface area (Å²) < 4.78 is 11.5. The van der Waals surface area contributed by atoms with E-state index in [0.717, 1.165) is 50.9 Å². The first-order valence-corrected chi connectivity index (χ1v) is 9.56. The fourth-order valence-electron chi connectivity index (χ4n) is 4.87. The topological polar surface area (TPSA) is 59.6 Å². The minimum Gasteiger partial charge on any atom is -0.496 e. The van der Waals surface area contributed by atoms with Crippen LogP contribution < -0.4 is 15.4 Å². The first-order valence-electron chi connectivity index (χ1n) is 9.56. The molecular formula is C20H28N2O3. The fourth-order valence-corrected chi connectivity index (χ4v) is 4.87. The van der Waals surface area contributed by atoms with Crippen LogP contribution in [0.25, 0.3) is 0 Å². The highest BCUT2D eigenvalue weighted by Gasteiger charge is 2.40. The van der Waals surface area contributed by atoms with Gasteiger partial charge in [-0.1, -0.05) is 25.0 Å². The van der Waals surface area contributed by atoms with Crippen LogP contribution in [0.5, 0.6) is 5.75 Å². The molecule has 0 bridgehead atoms. The molecule has 1 saturated carbocycles. The maximum atomic E-state index is 12.5. The molecule has 4 rings (SSSR count). The van der Waals surface area contributed by atoms with Crippen molar-refractivity contribution >= 4 is 6.03 Å². The third kappa shape index (κ3) is 3.34. The van der Waals surface area contributed by atoms with E-state index >= 15 is 0 Å². The van der Waals surface area contributed by atoms with Crippen molar-refractivity contribution in [2.75, 3.05) is 13.7 Å². The van der Waals surface area contributed by atoms with E-state index in [1.807, 2.05) is 12.1 Å². The van der Waals surface area contributed by atoms with Crippen LogP contribution in [0.1, 0.15) is 62.1 Å². The normalized spacial score (nSPS) is 27.1. The van der Waals surface area contributed by atoms with Crippen LogP contribution in [0.4, 0.5) is 4.79 Å². The van der Waals surface area contributed by atoms with Crippen LogP contribution in [-0.4, -0.2) is 31.4 Å². The second-order valence-corrected chi connectivity index (χ2v) is 7.67. The number of hydrogen-bond acceptors (Lipinski definition) is 3. The third-order valence-electron chi connectivity index (χ3n) is 6.10. The number of urea groups is 1. The van der Waals surface area contributed by atoms with Gasteiger partial charge < -0.3 is 20.1 Å². The summed E-state index contributed by atoms with van der Waals surface area (Å²) in [4.78, 5) is 12.5. The molecule has 0 aromatic heterocycles. The molecule has 3 aliphatic rings. The average Bonchev–Trinajstić information content (AvgIpc) is 3.22. The van der Waals surface area contributed by atoms with E-state index in [2.05, 4.69) is 16.7 Å². The largest absolute Gasteiger partial charge is 0.496 e. The minimum absolute atomic E-state index is 0.0313. The molecule has 5 heteroatoms. The lowest BCUT2D eigenvalue weighted by atomic mass is 9.89. The number of ether oxygens (including phenoxy) is 2. The molecule has 2 atom stereocenters. The summed E-state index contributed by atoms with van der Waals surface area (Å²) >= 11 is 0. The Hall–Kier alpha value is -1.75. The van der Waals surface area contributed by atoms with Gasteiger partial charge in [-0.05, 0) is 55.7 Å². The van der Waals surface area contributed by atoms with Gasteiger partial charge in [0.05, 0.1) is 18.8 Å². The molecule has 1 aromatic carbocycles. The van der Waals surface area contributed by atoms with Crippen LogP contribution >= 0.6 is 0 Å².